The van der Waals surface area contributed by atoms with E-state index in [9.17, 15) is 0 Å². The fraction of sp³-hybridized carbons (Fsp3) is 0.647. The summed E-state index contributed by atoms with van der Waals surface area (Å²) in [4.78, 5) is 0. The summed E-state index contributed by atoms with van der Waals surface area (Å²) in [6.07, 6.45) is 6.30. The van der Waals surface area contributed by atoms with Gasteiger partial charge in [0, 0.05) is 17.1 Å². The van der Waals surface area contributed by atoms with Gasteiger partial charge in [0.15, 0.2) is 11.5 Å². The average Bonchev–Trinajstić information content (AvgIpc) is 3.02. The van der Waals surface area contributed by atoms with Crippen molar-refractivity contribution < 1.29 is 9.47 Å². The lowest BCUT2D eigenvalue weighted by atomic mass is 9.91. The van der Waals surface area contributed by atoms with Gasteiger partial charge in [0.05, 0.1) is 14.2 Å². The molecule has 118 valence electrons. The molecule has 1 N–H and O–H groups in total. The van der Waals surface area contributed by atoms with Crippen LogP contribution in [0.4, 0.5) is 0 Å². The van der Waals surface area contributed by atoms with Crippen molar-refractivity contribution in [3.63, 3.8) is 0 Å². The molecule has 0 heterocycles. The maximum Gasteiger partial charge on any atom is 0.162 e. The van der Waals surface area contributed by atoms with Gasteiger partial charge in [-0.3, -0.25) is 0 Å². The van der Waals surface area contributed by atoms with Crippen molar-refractivity contribution in [2.45, 2.75) is 45.1 Å². The maximum absolute atomic E-state index is 6.51. The van der Waals surface area contributed by atoms with Crippen LogP contribution in [0.15, 0.2) is 12.1 Å². The lowest BCUT2D eigenvalue weighted by Gasteiger charge is -2.27. The monoisotopic (exact) mass is 311 g/mol. The lowest BCUT2D eigenvalue weighted by molar-refractivity contribution is 0.347. The van der Waals surface area contributed by atoms with Gasteiger partial charge in [0.1, 0.15) is 0 Å². The first-order valence-electron chi connectivity index (χ1n) is 7.86. The highest BCUT2D eigenvalue weighted by Gasteiger charge is 2.28. The van der Waals surface area contributed by atoms with Crippen molar-refractivity contribution in [2.75, 3.05) is 20.8 Å². The van der Waals surface area contributed by atoms with Gasteiger partial charge in [-0.1, -0.05) is 31.4 Å². The quantitative estimate of drug-likeness (QED) is 0.799. The van der Waals surface area contributed by atoms with Crippen LogP contribution < -0.4 is 14.8 Å². The Morgan fingerprint density at radius 3 is 2.38 bits per heavy atom. The molecule has 0 radical (unpaired) electrons. The smallest absolute Gasteiger partial charge is 0.162 e. The molecule has 1 aromatic rings. The Bertz CT molecular complexity index is 458. The molecule has 3 nitrogen and oxygen atoms in total. The van der Waals surface area contributed by atoms with E-state index in [0.717, 1.165) is 29.3 Å². The SMILES string of the molecule is CCCNC(c1cc(OC)c(OC)cc1Cl)C1CCCC1. The fourth-order valence-electron chi connectivity index (χ4n) is 3.23. The Kier molecular flexibility index (Phi) is 6.19. The van der Waals surface area contributed by atoms with Crippen molar-refractivity contribution in [1.29, 1.82) is 0 Å². The number of rotatable bonds is 7. The van der Waals surface area contributed by atoms with Crippen LogP contribution >= 0.6 is 11.6 Å². The van der Waals surface area contributed by atoms with Crippen LogP contribution in [0.1, 0.15) is 50.6 Å². The van der Waals surface area contributed by atoms with Gasteiger partial charge in [0.25, 0.3) is 0 Å². The average molecular weight is 312 g/mol. The Morgan fingerprint density at radius 2 is 1.81 bits per heavy atom. The number of halogens is 1. The summed E-state index contributed by atoms with van der Waals surface area (Å²) in [6, 6.07) is 4.21. The van der Waals surface area contributed by atoms with E-state index in [4.69, 9.17) is 21.1 Å². The zero-order chi connectivity index (χ0) is 15.2. The first-order valence-corrected chi connectivity index (χ1v) is 8.23. The molecule has 1 fully saturated rings. The molecule has 0 aromatic heterocycles. The number of hydrogen-bond acceptors (Lipinski definition) is 3. The number of methoxy groups -OCH3 is 2. The van der Waals surface area contributed by atoms with Gasteiger partial charge in [0.2, 0.25) is 0 Å². The number of hydrogen-bond donors (Lipinski definition) is 1. The summed E-state index contributed by atoms with van der Waals surface area (Å²) in [5.41, 5.74) is 1.13. The number of ether oxygens (including phenoxy) is 2. The van der Waals surface area contributed by atoms with E-state index in [1.165, 1.54) is 25.7 Å². The molecule has 0 bridgehead atoms. The second-order valence-corrected chi connectivity index (χ2v) is 6.11. The summed E-state index contributed by atoms with van der Waals surface area (Å²) >= 11 is 6.51. The number of benzene rings is 1. The predicted octanol–water partition coefficient (Wildman–Crippen LogP) is 4.59. The zero-order valence-electron chi connectivity index (χ0n) is 13.2. The van der Waals surface area contributed by atoms with E-state index in [1.807, 2.05) is 12.1 Å². The molecule has 1 atom stereocenters. The van der Waals surface area contributed by atoms with Crippen LogP contribution in [0.25, 0.3) is 0 Å². The molecule has 2 rings (SSSR count). The molecule has 0 aliphatic heterocycles. The highest BCUT2D eigenvalue weighted by Crippen LogP contribution is 2.42. The molecule has 0 amide bonds. The Labute approximate surface area is 133 Å². The van der Waals surface area contributed by atoms with E-state index < -0.39 is 0 Å². The summed E-state index contributed by atoms with van der Waals surface area (Å²) in [5.74, 6) is 2.09. The second-order valence-electron chi connectivity index (χ2n) is 5.71. The zero-order valence-corrected chi connectivity index (χ0v) is 14.0. The highest BCUT2D eigenvalue weighted by molar-refractivity contribution is 6.31. The van der Waals surface area contributed by atoms with Crippen molar-refractivity contribution in [2.24, 2.45) is 5.92 Å². The first kappa shape index (κ1) is 16.4. The molecular formula is C17H26ClNO2. The number of nitrogens with one attached hydrogen (secondary N) is 1. The van der Waals surface area contributed by atoms with Gasteiger partial charge in [-0.05, 0) is 43.4 Å². The van der Waals surface area contributed by atoms with E-state index in [0.29, 0.717) is 17.7 Å². The van der Waals surface area contributed by atoms with Crippen molar-refractivity contribution in [1.82, 2.24) is 5.32 Å². The van der Waals surface area contributed by atoms with E-state index in [1.54, 1.807) is 14.2 Å². The minimum atomic E-state index is 0.305. The maximum atomic E-state index is 6.51. The van der Waals surface area contributed by atoms with Crippen LogP contribution in [0.2, 0.25) is 5.02 Å². The van der Waals surface area contributed by atoms with Gasteiger partial charge in [-0.15, -0.1) is 0 Å². The summed E-state index contributed by atoms with van der Waals surface area (Å²) in [6.45, 7) is 3.20. The third-order valence-corrected chi connectivity index (χ3v) is 4.65. The van der Waals surface area contributed by atoms with Crippen molar-refractivity contribution in [3.05, 3.63) is 22.7 Å². The minimum absolute atomic E-state index is 0.305. The highest BCUT2D eigenvalue weighted by atomic mass is 35.5. The first-order chi connectivity index (χ1) is 10.2. The van der Waals surface area contributed by atoms with Gasteiger partial charge in [-0.25, -0.2) is 0 Å². The van der Waals surface area contributed by atoms with Crippen LogP contribution in [0.5, 0.6) is 11.5 Å². The molecular weight excluding hydrogens is 286 g/mol. The third-order valence-electron chi connectivity index (χ3n) is 4.32. The standard InChI is InChI=1S/C17H26ClNO2/c1-4-9-19-17(12-7-5-6-8-12)13-10-15(20-2)16(21-3)11-14(13)18/h10-12,17,19H,4-9H2,1-3H3. The topological polar surface area (TPSA) is 30.5 Å². The predicted molar refractivity (Wildman–Crippen MR) is 87.5 cm³/mol. The van der Waals surface area contributed by atoms with E-state index >= 15 is 0 Å². The van der Waals surface area contributed by atoms with Crippen LogP contribution in [-0.4, -0.2) is 20.8 Å². The van der Waals surface area contributed by atoms with Crippen molar-refractivity contribution >= 4 is 11.6 Å². The van der Waals surface area contributed by atoms with E-state index in [-0.39, 0.29) is 0 Å². The normalized spacial score (nSPS) is 17.0. The Morgan fingerprint density at radius 1 is 1.19 bits per heavy atom. The van der Waals surface area contributed by atoms with Crippen molar-refractivity contribution in [3.8, 4) is 11.5 Å². The summed E-state index contributed by atoms with van der Waals surface area (Å²) in [7, 11) is 3.30. The van der Waals surface area contributed by atoms with Crippen LogP contribution in [-0.2, 0) is 0 Å². The van der Waals surface area contributed by atoms with Crippen LogP contribution in [0, 0.1) is 5.92 Å². The molecule has 21 heavy (non-hydrogen) atoms. The second kappa shape index (κ2) is 7.90. The molecule has 1 aliphatic rings. The summed E-state index contributed by atoms with van der Waals surface area (Å²) in [5, 5.41) is 4.43. The molecule has 1 unspecified atom stereocenters. The van der Waals surface area contributed by atoms with Gasteiger partial charge in [-0.2, -0.15) is 0 Å². The molecule has 0 saturated heterocycles. The van der Waals surface area contributed by atoms with E-state index in [2.05, 4.69) is 12.2 Å². The Balaban J connectivity index is 2.33. The fourth-order valence-corrected chi connectivity index (χ4v) is 3.50. The minimum Gasteiger partial charge on any atom is -0.493 e. The summed E-state index contributed by atoms with van der Waals surface area (Å²) < 4.78 is 10.8. The molecule has 1 aliphatic carbocycles. The largest absolute Gasteiger partial charge is 0.493 e. The Hall–Kier alpha value is -0.930. The molecule has 0 spiro atoms. The molecule has 1 saturated carbocycles. The third kappa shape index (κ3) is 3.83. The van der Waals surface area contributed by atoms with Gasteiger partial charge >= 0.3 is 0 Å². The molecule has 4 heteroatoms. The van der Waals surface area contributed by atoms with Gasteiger partial charge < -0.3 is 14.8 Å². The van der Waals surface area contributed by atoms with Crippen LogP contribution in [0.3, 0.4) is 0 Å². The molecule has 1 aromatic carbocycles. The lowest BCUT2D eigenvalue weighted by Crippen LogP contribution is -2.28.